The van der Waals surface area contributed by atoms with Crippen molar-refractivity contribution >= 4 is 11.7 Å². The molecular formula is C6H8N3O+. The fraction of sp³-hybridized carbons (Fsp3) is 0. The van der Waals surface area contributed by atoms with Crippen molar-refractivity contribution in [2.75, 3.05) is 5.73 Å². The first-order valence-electron chi connectivity index (χ1n) is 2.77. The van der Waals surface area contributed by atoms with Crippen LogP contribution in [0.2, 0.25) is 0 Å². The standard InChI is InChI=1S/C6H7N3O/c7-5-2-1-4(3-9-5)6(8)10/h1-3H,(H2,7,9)(H2,8,10)/p+1. The van der Waals surface area contributed by atoms with E-state index in [9.17, 15) is 4.79 Å². The van der Waals surface area contributed by atoms with Crippen LogP contribution in [-0.2, 0) is 0 Å². The monoisotopic (exact) mass is 138 g/mol. The van der Waals surface area contributed by atoms with Gasteiger partial charge in [-0.15, -0.1) is 0 Å². The molecule has 0 fully saturated rings. The summed E-state index contributed by atoms with van der Waals surface area (Å²) in [5.74, 6) is 0.0428. The second kappa shape index (κ2) is 2.34. The number of anilines is 1. The molecule has 0 spiro atoms. The van der Waals surface area contributed by atoms with E-state index in [4.69, 9.17) is 11.5 Å². The van der Waals surface area contributed by atoms with Crippen molar-refractivity contribution in [2.24, 2.45) is 5.73 Å². The molecule has 0 aromatic carbocycles. The number of rotatable bonds is 1. The largest absolute Gasteiger partial charge is 0.365 e. The minimum absolute atomic E-state index is 0.425. The molecule has 10 heavy (non-hydrogen) atoms. The Labute approximate surface area is 57.9 Å². The van der Waals surface area contributed by atoms with Crippen molar-refractivity contribution in [3.8, 4) is 0 Å². The van der Waals surface area contributed by atoms with Gasteiger partial charge in [-0.3, -0.25) is 10.5 Å². The van der Waals surface area contributed by atoms with Gasteiger partial charge in [0.15, 0.2) is 0 Å². The summed E-state index contributed by atoms with van der Waals surface area (Å²) in [6.45, 7) is 0. The summed E-state index contributed by atoms with van der Waals surface area (Å²) in [6, 6.07) is 3.15. The number of primary amides is 1. The van der Waals surface area contributed by atoms with Gasteiger partial charge in [-0.05, 0) is 6.07 Å². The molecule has 4 nitrogen and oxygen atoms in total. The molecule has 0 radical (unpaired) electrons. The lowest BCUT2D eigenvalue weighted by molar-refractivity contribution is -0.360. The Morgan fingerprint density at radius 1 is 1.50 bits per heavy atom. The number of aromatic nitrogens is 1. The van der Waals surface area contributed by atoms with E-state index >= 15 is 0 Å². The van der Waals surface area contributed by atoms with Crippen LogP contribution in [0.1, 0.15) is 10.4 Å². The first-order valence-corrected chi connectivity index (χ1v) is 2.77. The summed E-state index contributed by atoms with van der Waals surface area (Å²) in [7, 11) is 0. The van der Waals surface area contributed by atoms with Crippen LogP contribution >= 0.6 is 0 Å². The average Bonchev–Trinajstić information content (AvgIpc) is 1.88. The van der Waals surface area contributed by atoms with Crippen LogP contribution in [0.5, 0.6) is 0 Å². The average molecular weight is 138 g/mol. The van der Waals surface area contributed by atoms with Crippen molar-refractivity contribution in [3.63, 3.8) is 0 Å². The predicted molar refractivity (Wildman–Crippen MR) is 35.9 cm³/mol. The second-order valence-corrected chi connectivity index (χ2v) is 1.90. The zero-order valence-corrected chi connectivity index (χ0v) is 5.29. The summed E-state index contributed by atoms with van der Waals surface area (Å²) in [6.07, 6.45) is 1.47. The van der Waals surface area contributed by atoms with Crippen molar-refractivity contribution < 1.29 is 9.78 Å². The summed E-state index contributed by atoms with van der Waals surface area (Å²) < 4.78 is 0. The third kappa shape index (κ3) is 1.22. The lowest BCUT2D eigenvalue weighted by Gasteiger charge is -1.89. The van der Waals surface area contributed by atoms with E-state index in [2.05, 4.69) is 4.98 Å². The van der Waals surface area contributed by atoms with Gasteiger partial charge in [0.05, 0.1) is 5.56 Å². The highest BCUT2D eigenvalue weighted by Crippen LogP contribution is 1.94. The van der Waals surface area contributed by atoms with E-state index in [1.807, 2.05) is 0 Å². The Hall–Kier alpha value is -1.58. The third-order valence-corrected chi connectivity index (χ3v) is 1.12. The lowest BCUT2D eigenvalue weighted by atomic mass is 10.3. The van der Waals surface area contributed by atoms with E-state index in [0.29, 0.717) is 11.4 Å². The van der Waals surface area contributed by atoms with E-state index in [1.165, 1.54) is 6.20 Å². The van der Waals surface area contributed by atoms with Gasteiger partial charge in [-0.25, -0.2) is 4.98 Å². The first kappa shape index (κ1) is 6.54. The smallest absolute Gasteiger partial charge is 0.270 e. The molecule has 0 aliphatic heterocycles. The number of H-pyrrole nitrogens is 1. The summed E-state index contributed by atoms with van der Waals surface area (Å²) in [5, 5.41) is 0. The fourth-order valence-corrected chi connectivity index (χ4v) is 0.590. The molecule has 52 valence electrons. The van der Waals surface area contributed by atoms with Crippen molar-refractivity contribution in [1.82, 2.24) is 0 Å². The molecule has 0 bridgehead atoms. The molecule has 0 aliphatic rings. The second-order valence-electron chi connectivity index (χ2n) is 1.90. The van der Waals surface area contributed by atoms with Crippen LogP contribution in [0.4, 0.5) is 5.82 Å². The Balaban J connectivity index is 3.00. The molecule has 5 N–H and O–H groups in total. The van der Waals surface area contributed by atoms with Crippen LogP contribution < -0.4 is 16.5 Å². The van der Waals surface area contributed by atoms with Gasteiger partial charge < -0.3 is 5.73 Å². The van der Waals surface area contributed by atoms with Crippen LogP contribution in [0.3, 0.4) is 0 Å². The van der Waals surface area contributed by atoms with Gasteiger partial charge in [0.2, 0.25) is 0 Å². The third-order valence-electron chi connectivity index (χ3n) is 1.12. The van der Waals surface area contributed by atoms with Gasteiger partial charge >= 0.3 is 0 Å². The molecule has 1 rings (SSSR count). The first-order chi connectivity index (χ1) is 4.70. The summed E-state index contributed by atoms with van der Waals surface area (Å²) >= 11 is 0. The number of hydrogen-bond donors (Lipinski definition) is 2. The molecule has 1 aromatic heterocycles. The number of carbonyl (C=O) groups excluding carboxylic acids is 1. The van der Waals surface area contributed by atoms with Gasteiger partial charge in [0, 0.05) is 6.07 Å². The number of hydrogen-bond acceptors (Lipinski definition) is 2. The Bertz CT molecular complexity index is 242. The zero-order chi connectivity index (χ0) is 7.56. The number of aromatic amines is 1. The molecule has 1 aromatic rings. The molecule has 0 unspecified atom stereocenters. The number of nitrogen functional groups attached to an aromatic ring is 1. The van der Waals surface area contributed by atoms with E-state index in [1.54, 1.807) is 12.1 Å². The quantitative estimate of drug-likeness (QED) is 0.531. The summed E-state index contributed by atoms with van der Waals surface area (Å²) in [4.78, 5) is 13.1. The minimum atomic E-state index is -0.462. The highest BCUT2D eigenvalue weighted by atomic mass is 16.1. The van der Waals surface area contributed by atoms with Crippen LogP contribution in [0, 0.1) is 0 Å². The molecule has 4 heteroatoms. The number of nitrogens with two attached hydrogens (primary N) is 2. The number of amides is 1. The predicted octanol–water partition coefficient (Wildman–Crippen LogP) is -0.818. The van der Waals surface area contributed by atoms with Gasteiger partial charge in [0.1, 0.15) is 6.20 Å². The lowest BCUT2D eigenvalue weighted by Crippen LogP contribution is -2.17. The van der Waals surface area contributed by atoms with Gasteiger partial charge in [-0.2, -0.15) is 0 Å². The summed E-state index contributed by atoms with van der Waals surface area (Å²) in [5.41, 5.74) is 10.7. The van der Waals surface area contributed by atoms with Gasteiger partial charge in [0.25, 0.3) is 11.7 Å². The normalized spacial score (nSPS) is 9.20. The molecule has 0 saturated carbocycles. The SMILES string of the molecule is NC(=O)c1ccc(N)[nH+]c1. The number of nitrogens with one attached hydrogen (secondary N) is 1. The van der Waals surface area contributed by atoms with Crippen LogP contribution in [0.25, 0.3) is 0 Å². The number of carbonyl (C=O) groups is 1. The topological polar surface area (TPSA) is 83.2 Å². The fourth-order valence-electron chi connectivity index (χ4n) is 0.590. The van der Waals surface area contributed by atoms with Crippen molar-refractivity contribution in [1.29, 1.82) is 0 Å². The van der Waals surface area contributed by atoms with Gasteiger partial charge in [-0.1, -0.05) is 0 Å². The number of pyridine rings is 1. The highest BCUT2D eigenvalue weighted by molar-refractivity contribution is 5.92. The Kier molecular flexibility index (Phi) is 1.53. The van der Waals surface area contributed by atoms with Crippen LogP contribution in [-0.4, -0.2) is 5.91 Å². The van der Waals surface area contributed by atoms with Crippen molar-refractivity contribution in [2.45, 2.75) is 0 Å². The molecular weight excluding hydrogens is 130 g/mol. The molecule has 0 saturated heterocycles. The Morgan fingerprint density at radius 2 is 2.20 bits per heavy atom. The van der Waals surface area contributed by atoms with Crippen LogP contribution in [0.15, 0.2) is 18.3 Å². The minimum Gasteiger partial charge on any atom is -0.365 e. The molecule has 1 heterocycles. The van der Waals surface area contributed by atoms with Crippen molar-refractivity contribution in [3.05, 3.63) is 23.9 Å². The van der Waals surface area contributed by atoms with E-state index < -0.39 is 5.91 Å². The van der Waals surface area contributed by atoms with E-state index in [0.717, 1.165) is 0 Å². The van der Waals surface area contributed by atoms with E-state index in [-0.39, 0.29) is 0 Å². The Morgan fingerprint density at radius 3 is 2.60 bits per heavy atom. The zero-order valence-electron chi connectivity index (χ0n) is 5.29. The highest BCUT2D eigenvalue weighted by Gasteiger charge is 2.00. The maximum atomic E-state index is 10.5. The maximum absolute atomic E-state index is 10.5. The molecule has 1 amide bonds. The molecule has 0 aliphatic carbocycles. The molecule has 0 atom stereocenters. The maximum Gasteiger partial charge on any atom is 0.270 e.